The van der Waals surface area contributed by atoms with Crippen LogP contribution in [0.1, 0.15) is 23.2 Å². The van der Waals surface area contributed by atoms with E-state index in [1.165, 1.54) is 0 Å². The molecule has 0 saturated carbocycles. The molecule has 2 N–H and O–H groups in total. The standard InChI is InChI=1S/C16H17BrN2O.ClH/c17-14-6-5-11-8-13(4-3-12(11)9-14)16(20)19-7-1-2-15(19)10-18;/h3-6,8-9,15H,1-2,7,10,18H2;1H. The van der Waals surface area contributed by atoms with Gasteiger partial charge in [0.05, 0.1) is 0 Å². The monoisotopic (exact) mass is 368 g/mol. The summed E-state index contributed by atoms with van der Waals surface area (Å²) in [5.74, 6) is 0.0998. The summed E-state index contributed by atoms with van der Waals surface area (Å²) in [7, 11) is 0. The fraction of sp³-hybridized carbons (Fsp3) is 0.312. The predicted molar refractivity (Wildman–Crippen MR) is 92.0 cm³/mol. The van der Waals surface area contributed by atoms with Crippen LogP contribution in [-0.4, -0.2) is 29.9 Å². The Morgan fingerprint density at radius 2 is 1.95 bits per heavy atom. The van der Waals surface area contributed by atoms with Crippen molar-refractivity contribution in [3.05, 3.63) is 46.4 Å². The summed E-state index contributed by atoms with van der Waals surface area (Å²) in [6, 6.07) is 12.2. The Labute approximate surface area is 139 Å². The highest BCUT2D eigenvalue weighted by Crippen LogP contribution is 2.24. The third kappa shape index (κ3) is 3.23. The third-order valence-corrected chi connectivity index (χ3v) is 4.45. The number of amides is 1. The zero-order chi connectivity index (χ0) is 14.1. The summed E-state index contributed by atoms with van der Waals surface area (Å²) < 4.78 is 1.05. The molecule has 2 aromatic carbocycles. The predicted octanol–water partition coefficient (Wildman–Crippen LogP) is 3.59. The lowest BCUT2D eigenvalue weighted by atomic mass is 10.1. The van der Waals surface area contributed by atoms with Gasteiger partial charge in [-0.3, -0.25) is 4.79 Å². The number of fused-ring (bicyclic) bond motifs is 1. The molecule has 0 aromatic heterocycles. The number of halogens is 2. The van der Waals surface area contributed by atoms with Crippen molar-refractivity contribution in [3.63, 3.8) is 0 Å². The molecule has 3 nitrogen and oxygen atoms in total. The molecule has 0 spiro atoms. The average Bonchev–Trinajstić information content (AvgIpc) is 2.94. The van der Waals surface area contributed by atoms with Crippen LogP contribution in [0.25, 0.3) is 10.8 Å². The van der Waals surface area contributed by atoms with Gasteiger partial charge in [0.2, 0.25) is 0 Å². The Bertz CT molecular complexity index is 662. The second-order valence-corrected chi connectivity index (χ2v) is 6.15. The summed E-state index contributed by atoms with van der Waals surface area (Å²) in [5.41, 5.74) is 6.50. The molecular formula is C16H18BrClN2O. The Kier molecular flexibility index (Phi) is 5.25. The van der Waals surface area contributed by atoms with E-state index in [1.54, 1.807) is 0 Å². The smallest absolute Gasteiger partial charge is 0.254 e. The quantitative estimate of drug-likeness (QED) is 0.879. The molecule has 1 heterocycles. The second-order valence-electron chi connectivity index (χ2n) is 5.24. The Hall–Kier alpha value is -1.10. The van der Waals surface area contributed by atoms with Crippen molar-refractivity contribution in [1.82, 2.24) is 4.90 Å². The van der Waals surface area contributed by atoms with Crippen molar-refractivity contribution in [2.24, 2.45) is 5.73 Å². The molecular weight excluding hydrogens is 352 g/mol. The van der Waals surface area contributed by atoms with Crippen molar-refractivity contribution < 1.29 is 4.79 Å². The van der Waals surface area contributed by atoms with Gasteiger partial charge in [0.25, 0.3) is 5.91 Å². The fourth-order valence-corrected chi connectivity index (χ4v) is 3.24. The first-order valence-electron chi connectivity index (χ1n) is 6.89. The number of nitrogens with two attached hydrogens (primary N) is 1. The number of rotatable bonds is 2. The van der Waals surface area contributed by atoms with Gasteiger partial charge in [0.15, 0.2) is 0 Å². The zero-order valence-corrected chi connectivity index (χ0v) is 14.0. The molecule has 0 bridgehead atoms. The number of carbonyl (C=O) groups is 1. The van der Waals surface area contributed by atoms with Crippen molar-refractivity contribution in [2.75, 3.05) is 13.1 Å². The van der Waals surface area contributed by atoms with Crippen LogP contribution in [0, 0.1) is 0 Å². The molecule has 0 radical (unpaired) electrons. The van der Waals surface area contributed by atoms with E-state index < -0.39 is 0 Å². The molecule has 5 heteroatoms. The lowest BCUT2D eigenvalue weighted by Crippen LogP contribution is -2.39. The first-order valence-corrected chi connectivity index (χ1v) is 7.68. The largest absolute Gasteiger partial charge is 0.334 e. The van der Waals surface area contributed by atoms with Crippen LogP contribution in [0.2, 0.25) is 0 Å². The highest BCUT2D eigenvalue weighted by molar-refractivity contribution is 9.10. The van der Waals surface area contributed by atoms with Gasteiger partial charge in [-0.05, 0) is 47.9 Å². The molecule has 1 aliphatic rings. The maximum absolute atomic E-state index is 12.6. The number of likely N-dealkylation sites (tertiary alicyclic amines) is 1. The van der Waals surface area contributed by atoms with Crippen molar-refractivity contribution in [1.29, 1.82) is 0 Å². The molecule has 1 fully saturated rings. The van der Waals surface area contributed by atoms with E-state index in [4.69, 9.17) is 5.73 Å². The molecule has 1 saturated heterocycles. The van der Waals surface area contributed by atoms with Gasteiger partial charge in [-0.1, -0.05) is 28.1 Å². The first-order chi connectivity index (χ1) is 9.69. The van der Waals surface area contributed by atoms with Gasteiger partial charge in [0.1, 0.15) is 0 Å². The fourth-order valence-electron chi connectivity index (χ4n) is 2.86. The molecule has 21 heavy (non-hydrogen) atoms. The number of hydrogen-bond donors (Lipinski definition) is 1. The van der Waals surface area contributed by atoms with Crippen LogP contribution >= 0.6 is 28.3 Å². The number of carbonyl (C=O) groups excluding carboxylic acids is 1. The van der Waals surface area contributed by atoms with Gasteiger partial charge < -0.3 is 10.6 Å². The minimum absolute atomic E-state index is 0. The lowest BCUT2D eigenvalue weighted by molar-refractivity contribution is 0.0741. The van der Waals surface area contributed by atoms with Gasteiger partial charge in [-0.25, -0.2) is 0 Å². The lowest BCUT2D eigenvalue weighted by Gasteiger charge is -2.23. The van der Waals surface area contributed by atoms with Crippen LogP contribution in [0.15, 0.2) is 40.9 Å². The topological polar surface area (TPSA) is 46.3 Å². The van der Waals surface area contributed by atoms with E-state index in [1.807, 2.05) is 35.2 Å². The van der Waals surface area contributed by atoms with Crippen LogP contribution in [0.3, 0.4) is 0 Å². The summed E-state index contributed by atoms with van der Waals surface area (Å²) in [5, 5.41) is 2.22. The maximum atomic E-state index is 12.6. The maximum Gasteiger partial charge on any atom is 0.254 e. The number of benzene rings is 2. The minimum atomic E-state index is 0. The number of hydrogen-bond acceptors (Lipinski definition) is 2. The van der Waals surface area contributed by atoms with Crippen LogP contribution < -0.4 is 5.73 Å². The molecule has 1 unspecified atom stereocenters. The van der Waals surface area contributed by atoms with Gasteiger partial charge >= 0.3 is 0 Å². The van der Waals surface area contributed by atoms with E-state index in [-0.39, 0.29) is 24.4 Å². The zero-order valence-electron chi connectivity index (χ0n) is 11.6. The molecule has 2 aromatic rings. The summed E-state index contributed by atoms with van der Waals surface area (Å²) in [6.45, 7) is 1.37. The Morgan fingerprint density at radius 3 is 2.71 bits per heavy atom. The second kappa shape index (κ2) is 6.77. The highest BCUT2D eigenvalue weighted by Gasteiger charge is 2.28. The highest BCUT2D eigenvalue weighted by atomic mass is 79.9. The third-order valence-electron chi connectivity index (χ3n) is 3.96. The minimum Gasteiger partial charge on any atom is -0.334 e. The van der Waals surface area contributed by atoms with E-state index in [2.05, 4.69) is 22.0 Å². The van der Waals surface area contributed by atoms with E-state index in [9.17, 15) is 4.79 Å². The average molecular weight is 370 g/mol. The molecule has 1 atom stereocenters. The van der Waals surface area contributed by atoms with Crippen molar-refractivity contribution >= 4 is 45.0 Å². The first kappa shape index (κ1) is 16.3. The van der Waals surface area contributed by atoms with E-state index in [0.29, 0.717) is 6.54 Å². The Morgan fingerprint density at radius 1 is 1.24 bits per heavy atom. The SMILES string of the molecule is Cl.NCC1CCCN1C(=O)c1ccc2cc(Br)ccc2c1. The molecule has 1 aliphatic heterocycles. The normalized spacial score (nSPS) is 17.8. The van der Waals surface area contributed by atoms with E-state index in [0.717, 1.165) is 40.2 Å². The van der Waals surface area contributed by atoms with Crippen LogP contribution in [0.5, 0.6) is 0 Å². The summed E-state index contributed by atoms with van der Waals surface area (Å²) in [4.78, 5) is 14.5. The van der Waals surface area contributed by atoms with Crippen LogP contribution in [-0.2, 0) is 0 Å². The van der Waals surface area contributed by atoms with Gasteiger partial charge in [0, 0.05) is 29.2 Å². The van der Waals surface area contributed by atoms with E-state index >= 15 is 0 Å². The summed E-state index contributed by atoms with van der Waals surface area (Å²) in [6.07, 6.45) is 2.07. The molecule has 3 rings (SSSR count). The van der Waals surface area contributed by atoms with Gasteiger partial charge in [-0.2, -0.15) is 0 Å². The molecule has 112 valence electrons. The molecule has 1 amide bonds. The van der Waals surface area contributed by atoms with Crippen LogP contribution in [0.4, 0.5) is 0 Å². The summed E-state index contributed by atoms with van der Waals surface area (Å²) >= 11 is 3.46. The number of nitrogens with zero attached hydrogens (tertiary/aromatic N) is 1. The van der Waals surface area contributed by atoms with Gasteiger partial charge in [-0.15, -0.1) is 12.4 Å². The van der Waals surface area contributed by atoms with Crippen molar-refractivity contribution in [2.45, 2.75) is 18.9 Å². The Balaban J connectivity index is 0.00000161. The molecule has 0 aliphatic carbocycles. The van der Waals surface area contributed by atoms with Crippen molar-refractivity contribution in [3.8, 4) is 0 Å².